The Morgan fingerprint density at radius 2 is 1.63 bits per heavy atom. The fourth-order valence-electron chi connectivity index (χ4n) is 7.47. The predicted octanol–water partition coefficient (Wildman–Crippen LogP) is 4.61. The Kier molecular flexibility index (Phi) is 13.5. The van der Waals surface area contributed by atoms with Crippen molar-refractivity contribution in [3.05, 3.63) is 42.0 Å². The fourth-order valence-corrected chi connectivity index (χ4v) is 8.02. The summed E-state index contributed by atoms with van der Waals surface area (Å²) in [7, 11) is -4.01. The Bertz CT molecular complexity index is 1220. The molecule has 3 aliphatic rings. The highest BCUT2D eigenvalue weighted by molar-refractivity contribution is 7.51. The van der Waals surface area contributed by atoms with E-state index in [1.54, 1.807) is 0 Å². The van der Waals surface area contributed by atoms with Crippen LogP contribution in [0.5, 0.6) is 0 Å². The lowest BCUT2D eigenvalue weighted by molar-refractivity contribution is 0.177. The molecule has 1 aromatic carbocycles. The SMILES string of the molecule is Nc1cc(N2CCN(CCCP(=O)(O)O)C(c3ccccc3)C2)nc(NC[C@H]2CC[C@H](CNCCCNC3CCCCC3)CC2)n1. The van der Waals surface area contributed by atoms with E-state index in [-0.39, 0.29) is 12.2 Å². The minimum Gasteiger partial charge on any atom is -0.383 e. The van der Waals surface area contributed by atoms with Crippen LogP contribution < -0.4 is 26.6 Å². The Hall–Kier alpha value is -2.27. The van der Waals surface area contributed by atoms with E-state index in [0.717, 1.165) is 57.0 Å². The smallest absolute Gasteiger partial charge is 0.325 e. The number of hydrogen-bond donors (Lipinski definition) is 6. The van der Waals surface area contributed by atoms with E-state index < -0.39 is 7.60 Å². The van der Waals surface area contributed by atoms with Gasteiger partial charge >= 0.3 is 7.60 Å². The lowest BCUT2D eigenvalue weighted by Gasteiger charge is -2.42. The maximum atomic E-state index is 11.4. The number of nitrogens with zero attached hydrogens (tertiary/aromatic N) is 4. The molecule has 2 aromatic rings. The van der Waals surface area contributed by atoms with Crippen LogP contribution in [0.1, 0.15) is 82.2 Å². The molecular formula is C34H57N8O3P. The van der Waals surface area contributed by atoms with Gasteiger partial charge in [-0.3, -0.25) is 9.46 Å². The van der Waals surface area contributed by atoms with Crippen molar-refractivity contribution in [1.82, 2.24) is 25.5 Å². The number of hydrogen-bond acceptors (Lipinski definition) is 9. The predicted molar refractivity (Wildman–Crippen MR) is 187 cm³/mol. The van der Waals surface area contributed by atoms with Crippen LogP contribution in [0.25, 0.3) is 0 Å². The minimum absolute atomic E-state index is 0.0854. The van der Waals surface area contributed by atoms with Crippen molar-refractivity contribution in [1.29, 1.82) is 0 Å². The van der Waals surface area contributed by atoms with Crippen molar-refractivity contribution in [2.45, 2.75) is 82.7 Å². The second kappa shape index (κ2) is 17.8. The normalized spacial score (nSPS) is 23.4. The first-order valence-corrected chi connectivity index (χ1v) is 19.5. The third kappa shape index (κ3) is 11.5. The van der Waals surface area contributed by atoms with Gasteiger partial charge in [0, 0.05) is 38.3 Å². The van der Waals surface area contributed by atoms with Crippen LogP contribution in [0.2, 0.25) is 0 Å². The molecule has 1 unspecified atom stereocenters. The van der Waals surface area contributed by atoms with Gasteiger partial charge in [0.05, 0.1) is 12.2 Å². The molecular weight excluding hydrogens is 599 g/mol. The highest BCUT2D eigenvalue weighted by Crippen LogP contribution is 2.36. The molecule has 3 fully saturated rings. The Labute approximate surface area is 275 Å². The topological polar surface area (TPSA) is 152 Å². The fraction of sp³-hybridized carbons (Fsp3) is 0.706. The molecule has 1 aliphatic heterocycles. The van der Waals surface area contributed by atoms with Gasteiger partial charge in [-0.2, -0.15) is 9.97 Å². The van der Waals surface area contributed by atoms with E-state index >= 15 is 0 Å². The molecule has 2 heterocycles. The summed E-state index contributed by atoms with van der Waals surface area (Å²) in [6.45, 7) is 7.09. The Morgan fingerprint density at radius 3 is 2.37 bits per heavy atom. The second-order valence-corrected chi connectivity index (χ2v) is 15.5. The zero-order chi connectivity index (χ0) is 32.2. The number of rotatable bonds is 16. The number of nitrogens with one attached hydrogen (secondary N) is 3. The van der Waals surface area contributed by atoms with Crippen LogP contribution in [0.3, 0.4) is 0 Å². The number of nitrogen functional groups attached to an aromatic ring is 1. The van der Waals surface area contributed by atoms with Crippen LogP contribution in [-0.2, 0) is 4.57 Å². The molecule has 1 saturated heterocycles. The highest BCUT2D eigenvalue weighted by Gasteiger charge is 2.30. The van der Waals surface area contributed by atoms with E-state index in [4.69, 9.17) is 10.7 Å². The third-order valence-electron chi connectivity index (χ3n) is 10.1. The summed E-state index contributed by atoms with van der Waals surface area (Å²) < 4.78 is 11.4. The second-order valence-electron chi connectivity index (χ2n) is 13.7. The average molecular weight is 657 g/mol. The number of benzene rings is 1. The van der Waals surface area contributed by atoms with Crippen molar-refractivity contribution in [2.24, 2.45) is 11.8 Å². The molecule has 1 aromatic heterocycles. The van der Waals surface area contributed by atoms with Crippen LogP contribution in [0.15, 0.2) is 36.4 Å². The van der Waals surface area contributed by atoms with E-state index in [2.05, 4.69) is 42.9 Å². The standard InChI is InChI=1S/C34H57N8O3P/c35-32-23-33(42-21-20-41(19-8-22-46(43,44)45)31(26-42)29-9-3-1-4-10-29)40-34(39-32)38-25-28-15-13-27(14-16-28)24-36-17-7-18-37-30-11-5-2-6-12-30/h1,3-4,9-10,23,27-28,30-31,36-37H,2,5-8,11-22,24-26H2,(H2,43,44,45)(H3,35,38,39,40)/t27-,28-,31?. The molecule has 0 spiro atoms. The first-order chi connectivity index (χ1) is 22.3. The molecule has 11 nitrogen and oxygen atoms in total. The first-order valence-electron chi connectivity index (χ1n) is 17.7. The van der Waals surface area contributed by atoms with Gasteiger partial charge in [-0.1, -0.05) is 49.6 Å². The molecule has 2 saturated carbocycles. The highest BCUT2D eigenvalue weighted by atomic mass is 31.2. The van der Waals surface area contributed by atoms with Gasteiger partial charge in [0.1, 0.15) is 11.6 Å². The van der Waals surface area contributed by atoms with Gasteiger partial charge < -0.3 is 36.4 Å². The maximum Gasteiger partial charge on any atom is 0.325 e. The van der Waals surface area contributed by atoms with Crippen LogP contribution >= 0.6 is 7.60 Å². The lowest BCUT2D eigenvalue weighted by Crippen LogP contribution is -2.49. The molecule has 5 rings (SSSR count). The molecule has 256 valence electrons. The number of aromatic nitrogens is 2. The number of piperazine rings is 1. The lowest BCUT2D eigenvalue weighted by atomic mass is 9.82. The molecule has 2 aliphatic carbocycles. The zero-order valence-electron chi connectivity index (χ0n) is 27.5. The molecule has 1 atom stereocenters. The molecule has 0 amide bonds. The summed E-state index contributed by atoms with van der Waals surface area (Å²) in [6.07, 6.45) is 13.5. The summed E-state index contributed by atoms with van der Waals surface area (Å²) in [5.41, 5.74) is 7.46. The van der Waals surface area contributed by atoms with Gasteiger partial charge in [-0.15, -0.1) is 0 Å². The largest absolute Gasteiger partial charge is 0.383 e. The van der Waals surface area contributed by atoms with Crippen LogP contribution in [0, 0.1) is 11.8 Å². The Balaban J connectivity index is 1.05. The minimum atomic E-state index is -4.01. The van der Waals surface area contributed by atoms with Gasteiger partial charge in [-0.25, -0.2) is 0 Å². The molecule has 0 radical (unpaired) electrons. The summed E-state index contributed by atoms with van der Waals surface area (Å²) in [5.74, 6) is 3.24. The molecule has 46 heavy (non-hydrogen) atoms. The average Bonchev–Trinajstić information content (AvgIpc) is 3.06. The maximum absolute atomic E-state index is 11.4. The third-order valence-corrected chi connectivity index (χ3v) is 11.0. The molecule has 12 heteroatoms. The van der Waals surface area contributed by atoms with Crippen LogP contribution in [0.4, 0.5) is 17.6 Å². The summed E-state index contributed by atoms with van der Waals surface area (Å²) in [6, 6.07) is 13.0. The van der Waals surface area contributed by atoms with Gasteiger partial charge in [-0.05, 0) is 94.9 Å². The summed E-state index contributed by atoms with van der Waals surface area (Å²) in [5, 5.41) is 11.0. The van der Waals surface area contributed by atoms with Crippen molar-refractivity contribution in [3.8, 4) is 0 Å². The first kappa shape index (κ1) is 35.0. The number of nitrogens with two attached hydrogens (primary N) is 1. The van der Waals surface area contributed by atoms with E-state index in [1.165, 1.54) is 69.8 Å². The number of anilines is 3. The van der Waals surface area contributed by atoms with E-state index in [9.17, 15) is 14.4 Å². The monoisotopic (exact) mass is 656 g/mol. The molecule has 0 bridgehead atoms. The van der Waals surface area contributed by atoms with Gasteiger partial charge in [0.2, 0.25) is 5.95 Å². The van der Waals surface area contributed by atoms with E-state index in [1.807, 2.05) is 24.3 Å². The van der Waals surface area contributed by atoms with E-state index in [0.29, 0.717) is 37.2 Å². The van der Waals surface area contributed by atoms with Crippen molar-refractivity contribution >= 4 is 25.2 Å². The molecule has 7 N–H and O–H groups in total. The van der Waals surface area contributed by atoms with Crippen molar-refractivity contribution in [2.75, 3.05) is 74.5 Å². The quantitative estimate of drug-likeness (QED) is 0.111. The van der Waals surface area contributed by atoms with Crippen LogP contribution in [-0.4, -0.2) is 89.2 Å². The van der Waals surface area contributed by atoms with Gasteiger partial charge in [0.25, 0.3) is 0 Å². The summed E-state index contributed by atoms with van der Waals surface area (Å²) in [4.78, 5) is 32.7. The zero-order valence-corrected chi connectivity index (χ0v) is 28.4. The van der Waals surface area contributed by atoms with Crippen molar-refractivity contribution < 1.29 is 14.4 Å². The summed E-state index contributed by atoms with van der Waals surface area (Å²) >= 11 is 0. The van der Waals surface area contributed by atoms with Crippen molar-refractivity contribution in [3.63, 3.8) is 0 Å². The Morgan fingerprint density at radius 1 is 0.891 bits per heavy atom. The van der Waals surface area contributed by atoms with Gasteiger partial charge in [0.15, 0.2) is 0 Å².